The Morgan fingerprint density at radius 2 is 2.12 bits per heavy atom. The summed E-state index contributed by atoms with van der Waals surface area (Å²) in [6, 6.07) is 7.56. The maximum Gasteiger partial charge on any atom is 0.246 e. The van der Waals surface area contributed by atoms with Crippen molar-refractivity contribution in [1.29, 1.82) is 0 Å². The number of anilines is 1. The van der Waals surface area contributed by atoms with Gasteiger partial charge in [-0.05, 0) is 26.0 Å². The number of nitrogens with one attached hydrogen (secondary N) is 2. The van der Waals surface area contributed by atoms with Gasteiger partial charge in [0.15, 0.2) is 0 Å². The lowest BCUT2D eigenvalue weighted by atomic mass is 10.1. The molecule has 0 aliphatic heterocycles. The highest BCUT2D eigenvalue weighted by atomic mass is 16.2. The van der Waals surface area contributed by atoms with Gasteiger partial charge in [-0.25, -0.2) is 4.98 Å². The summed E-state index contributed by atoms with van der Waals surface area (Å²) in [5.74, 6) is 0.149. The molecule has 1 heterocycles. The van der Waals surface area contributed by atoms with E-state index in [2.05, 4.69) is 15.3 Å². The molecule has 1 aromatic heterocycles. The minimum atomic E-state index is -0.918. The quantitative estimate of drug-likeness (QED) is 0.709. The standard InChI is InChI=1S/C11H14N4O/c1-11(2,12)9(16)15-10-13-7-5-3-4-6-8(7)14-10/h3-6H,12H2,1-2H3,(H2,13,14,15,16). The number of fused-ring (bicyclic) bond motifs is 1. The van der Waals surface area contributed by atoms with E-state index in [1.807, 2.05) is 24.3 Å². The molecule has 2 aromatic rings. The van der Waals surface area contributed by atoms with E-state index in [4.69, 9.17) is 5.73 Å². The largest absolute Gasteiger partial charge is 0.324 e. The van der Waals surface area contributed by atoms with Gasteiger partial charge >= 0.3 is 0 Å². The van der Waals surface area contributed by atoms with Gasteiger partial charge in [-0.3, -0.25) is 10.1 Å². The molecular weight excluding hydrogens is 204 g/mol. The van der Waals surface area contributed by atoms with Gasteiger partial charge in [-0.2, -0.15) is 0 Å². The molecule has 0 saturated heterocycles. The van der Waals surface area contributed by atoms with E-state index in [-0.39, 0.29) is 5.91 Å². The molecule has 5 nitrogen and oxygen atoms in total. The fourth-order valence-electron chi connectivity index (χ4n) is 1.28. The molecule has 0 atom stereocenters. The molecule has 0 aliphatic carbocycles. The minimum absolute atomic E-state index is 0.272. The van der Waals surface area contributed by atoms with Crippen LogP contribution in [0, 0.1) is 0 Å². The Kier molecular flexibility index (Phi) is 2.40. The second kappa shape index (κ2) is 3.61. The van der Waals surface area contributed by atoms with Crippen LogP contribution in [-0.4, -0.2) is 21.4 Å². The van der Waals surface area contributed by atoms with Crippen molar-refractivity contribution in [2.75, 3.05) is 5.32 Å². The molecule has 84 valence electrons. The molecule has 16 heavy (non-hydrogen) atoms. The predicted molar refractivity (Wildman–Crippen MR) is 63.0 cm³/mol. The van der Waals surface area contributed by atoms with E-state index < -0.39 is 5.54 Å². The number of nitrogens with two attached hydrogens (primary N) is 1. The molecule has 0 spiro atoms. The van der Waals surface area contributed by atoms with Crippen LogP contribution in [0.5, 0.6) is 0 Å². The Bertz CT molecular complexity index is 491. The molecule has 0 bridgehead atoms. The van der Waals surface area contributed by atoms with Crippen LogP contribution in [0.15, 0.2) is 24.3 Å². The number of imidazole rings is 1. The average Bonchev–Trinajstić information content (AvgIpc) is 2.58. The first-order chi connectivity index (χ1) is 7.47. The molecule has 5 heteroatoms. The number of rotatable bonds is 2. The van der Waals surface area contributed by atoms with Crippen molar-refractivity contribution in [2.24, 2.45) is 5.73 Å². The van der Waals surface area contributed by atoms with Gasteiger partial charge in [0.1, 0.15) is 0 Å². The fourth-order valence-corrected chi connectivity index (χ4v) is 1.28. The topological polar surface area (TPSA) is 83.8 Å². The first kappa shape index (κ1) is 10.6. The molecule has 1 amide bonds. The Morgan fingerprint density at radius 1 is 1.44 bits per heavy atom. The third kappa shape index (κ3) is 2.04. The SMILES string of the molecule is CC(C)(N)C(=O)Nc1nc2ccccc2[nH]1. The highest BCUT2D eigenvalue weighted by molar-refractivity contribution is 5.97. The number of aromatic amines is 1. The zero-order valence-corrected chi connectivity index (χ0v) is 9.24. The second-order valence-corrected chi connectivity index (χ2v) is 4.28. The lowest BCUT2D eigenvalue weighted by Gasteiger charge is -2.16. The van der Waals surface area contributed by atoms with Gasteiger partial charge in [0.2, 0.25) is 11.9 Å². The lowest BCUT2D eigenvalue weighted by Crippen LogP contribution is -2.45. The number of amides is 1. The van der Waals surface area contributed by atoms with Gasteiger partial charge < -0.3 is 10.7 Å². The first-order valence-corrected chi connectivity index (χ1v) is 5.02. The maximum atomic E-state index is 11.6. The molecular formula is C11H14N4O. The number of aromatic nitrogens is 2. The van der Waals surface area contributed by atoms with E-state index in [9.17, 15) is 4.79 Å². The predicted octanol–water partition coefficient (Wildman–Crippen LogP) is 1.24. The highest BCUT2D eigenvalue weighted by Crippen LogP contribution is 2.14. The van der Waals surface area contributed by atoms with Crippen LogP contribution in [0.4, 0.5) is 5.95 Å². The normalized spacial score (nSPS) is 11.7. The number of carbonyl (C=O) groups is 1. The Hall–Kier alpha value is -1.88. The summed E-state index contributed by atoms with van der Waals surface area (Å²) < 4.78 is 0. The van der Waals surface area contributed by atoms with Crippen LogP contribution in [0.2, 0.25) is 0 Å². The smallest absolute Gasteiger partial charge is 0.246 e. The fraction of sp³-hybridized carbons (Fsp3) is 0.273. The molecule has 0 unspecified atom stereocenters. The van der Waals surface area contributed by atoms with Crippen molar-refractivity contribution < 1.29 is 4.79 Å². The summed E-state index contributed by atoms with van der Waals surface area (Å²) in [4.78, 5) is 18.8. The number of hydrogen-bond acceptors (Lipinski definition) is 3. The van der Waals surface area contributed by atoms with E-state index in [0.29, 0.717) is 5.95 Å². The number of benzene rings is 1. The third-order valence-corrected chi connectivity index (χ3v) is 2.21. The summed E-state index contributed by atoms with van der Waals surface area (Å²) in [5, 5.41) is 2.64. The third-order valence-electron chi connectivity index (χ3n) is 2.21. The monoisotopic (exact) mass is 218 g/mol. The van der Waals surface area contributed by atoms with Crippen LogP contribution in [0.3, 0.4) is 0 Å². The average molecular weight is 218 g/mol. The van der Waals surface area contributed by atoms with Crippen molar-refractivity contribution in [3.8, 4) is 0 Å². The van der Waals surface area contributed by atoms with Gasteiger partial charge in [0.25, 0.3) is 0 Å². The Morgan fingerprint density at radius 3 is 2.75 bits per heavy atom. The molecule has 1 aromatic carbocycles. The number of nitrogens with zero attached hydrogens (tertiary/aromatic N) is 1. The number of carbonyl (C=O) groups excluding carboxylic acids is 1. The Balaban J connectivity index is 2.25. The summed E-state index contributed by atoms with van der Waals surface area (Å²) >= 11 is 0. The molecule has 4 N–H and O–H groups in total. The van der Waals surface area contributed by atoms with E-state index >= 15 is 0 Å². The van der Waals surface area contributed by atoms with Gasteiger partial charge in [-0.1, -0.05) is 12.1 Å². The number of hydrogen-bond donors (Lipinski definition) is 3. The first-order valence-electron chi connectivity index (χ1n) is 5.02. The van der Waals surface area contributed by atoms with E-state index in [1.165, 1.54) is 0 Å². The van der Waals surface area contributed by atoms with Gasteiger partial charge in [-0.15, -0.1) is 0 Å². The summed E-state index contributed by atoms with van der Waals surface area (Å²) in [6.07, 6.45) is 0. The molecule has 2 rings (SSSR count). The van der Waals surface area contributed by atoms with Crippen molar-refractivity contribution in [3.63, 3.8) is 0 Å². The summed E-state index contributed by atoms with van der Waals surface area (Å²) in [6.45, 7) is 3.29. The van der Waals surface area contributed by atoms with Crippen molar-refractivity contribution >= 4 is 22.9 Å². The molecule has 0 fully saturated rings. The second-order valence-electron chi connectivity index (χ2n) is 4.28. The molecule has 0 saturated carbocycles. The van der Waals surface area contributed by atoms with Crippen molar-refractivity contribution in [1.82, 2.24) is 9.97 Å². The Labute approximate surface area is 93.1 Å². The maximum absolute atomic E-state index is 11.6. The summed E-state index contributed by atoms with van der Waals surface area (Å²) in [5.41, 5.74) is 6.44. The van der Waals surface area contributed by atoms with Crippen LogP contribution in [-0.2, 0) is 4.79 Å². The van der Waals surface area contributed by atoms with Crippen molar-refractivity contribution in [3.05, 3.63) is 24.3 Å². The minimum Gasteiger partial charge on any atom is -0.324 e. The summed E-state index contributed by atoms with van der Waals surface area (Å²) in [7, 11) is 0. The molecule has 0 aliphatic rings. The van der Waals surface area contributed by atoms with Crippen molar-refractivity contribution in [2.45, 2.75) is 19.4 Å². The highest BCUT2D eigenvalue weighted by Gasteiger charge is 2.22. The molecule has 0 radical (unpaired) electrons. The van der Waals surface area contributed by atoms with E-state index in [1.54, 1.807) is 13.8 Å². The van der Waals surface area contributed by atoms with Gasteiger partial charge in [0.05, 0.1) is 16.6 Å². The van der Waals surface area contributed by atoms with Crippen LogP contribution >= 0.6 is 0 Å². The van der Waals surface area contributed by atoms with Gasteiger partial charge in [0, 0.05) is 0 Å². The number of para-hydroxylation sites is 2. The van der Waals surface area contributed by atoms with Crippen LogP contribution in [0.25, 0.3) is 11.0 Å². The van der Waals surface area contributed by atoms with E-state index in [0.717, 1.165) is 11.0 Å². The van der Waals surface area contributed by atoms with Crippen LogP contribution < -0.4 is 11.1 Å². The zero-order chi connectivity index (χ0) is 11.8. The zero-order valence-electron chi connectivity index (χ0n) is 9.24. The lowest BCUT2D eigenvalue weighted by molar-refractivity contribution is -0.120. The van der Waals surface area contributed by atoms with Crippen LogP contribution in [0.1, 0.15) is 13.8 Å². The number of H-pyrrole nitrogens is 1.